The number of piperidine rings is 1. The zero-order valence-corrected chi connectivity index (χ0v) is 10.3. The van der Waals surface area contributed by atoms with E-state index in [-0.39, 0.29) is 17.5 Å². The number of amidine groups is 1. The zero-order chi connectivity index (χ0) is 12.2. The average molecular weight is 249 g/mol. The predicted octanol–water partition coefficient (Wildman–Crippen LogP) is -0.511. The quantitative estimate of drug-likeness (QED) is 0.303. The van der Waals surface area contributed by atoms with Crippen LogP contribution in [0.15, 0.2) is 5.16 Å². The largest absolute Gasteiger partial charge is 0.409 e. The molecule has 0 amide bonds. The summed E-state index contributed by atoms with van der Waals surface area (Å²) in [5, 5.41) is 11.6. The second kappa shape index (κ2) is 5.49. The third-order valence-corrected chi connectivity index (χ3v) is 3.74. The van der Waals surface area contributed by atoms with E-state index in [1.165, 1.54) is 6.26 Å². The van der Waals surface area contributed by atoms with Gasteiger partial charge in [0.1, 0.15) is 15.7 Å². The molecule has 1 saturated heterocycles. The number of hydrogen-bond acceptors (Lipinski definition) is 5. The minimum atomic E-state index is -2.92. The van der Waals surface area contributed by atoms with Crippen molar-refractivity contribution in [1.29, 1.82) is 0 Å². The second-order valence-electron chi connectivity index (χ2n) is 4.29. The Morgan fingerprint density at radius 2 is 2.31 bits per heavy atom. The SMILES string of the molecule is CS(=O)(=O)CCN1CCCC(C(N)=NO)C1. The number of nitrogens with zero attached hydrogens (tertiary/aromatic N) is 2. The van der Waals surface area contributed by atoms with Gasteiger partial charge in [0.15, 0.2) is 0 Å². The first-order chi connectivity index (χ1) is 7.42. The highest BCUT2D eigenvalue weighted by Crippen LogP contribution is 2.16. The van der Waals surface area contributed by atoms with Gasteiger partial charge in [0.05, 0.1) is 5.75 Å². The van der Waals surface area contributed by atoms with Crippen molar-refractivity contribution >= 4 is 15.7 Å². The lowest BCUT2D eigenvalue weighted by atomic mass is 9.97. The van der Waals surface area contributed by atoms with Crippen molar-refractivity contribution < 1.29 is 13.6 Å². The Balaban J connectivity index is 2.45. The minimum Gasteiger partial charge on any atom is -0.409 e. The lowest BCUT2D eigenvalue weighted by Crippen LogP contribution is -2.42. The van der Waals surface area contributed by atoms with E-state index in [2.05, 4.69) is 5.16 Å². The topological polar surface area (TPSA) is 96.0 Å². The summed E-state index contributed by atoms with van der Waals surface area (Å²) in [4.78, 5) is 2.05. The number of rotatable bonds is 4. The Labute approximate surface area is 96.0 Å². The number of oxime groups is 1. The zero-order valence-electron chi connectivity index (χ0n) is 9.46. The molecule has 16 heavy (non-hydrogen) atoms. The van der Waals surface area contributed by atoms with Crippen molar-refractivity contribution in [2.24, 2.45) is 16.8 Å². The number of likely N-dealkylation sites (tertiary alicyclic amines) is 1. The Morgan fingerprint density at radius 1 is 1.62 bits per heavy atom. The smallest absolute Gasteiger partial charge is 0.148 e. The van der Waals surface area contributed by atoms with E-state index in [1.54, 1.807) is 0 Å². The van der Waals surface area contributed by atoms with Gasteiger partial charge in [-0.1, -0.05) is 5.16 Å². The molecule has 0 aliphatic carbocycles. The van der Waals surface area contributed by atoms with Crippen LogP contribution in [0.4, 0.5) is 0 Å². The van der Waals surface area contributed by atoms with Crippen molar-refractivity contribution in [2.45, 2.75) is 12.8 Å². The molecule has 1 heterocycles. The standard InChI is InChI=1S/C9H19N3O3S/c1-16(14,15)6-5-12-4-2-3-8(7-12)9(10)11-13/h8,13H,2-7H2,1H3,(H2,10,11). The molecule has 0 radical (unpaired) electrons. The predicted molar refractivity (Wildman–Crippen MR) is 62.3 cm³/mol. The van der Waals surface area contributed by atoms with E-state index in [0.29, 0.717) is 13.1 Å². The summed E-state index contributed by atoms with van der Waals surface area (Å²) >= 11 is 0. The van der Waals surface area contributed by atoms with Crippen LogP contribution in [0.5, 0.6) is 0 Å². The molecule has 0 spiro atoms. The van der Waals surface area contributed by atoms with Gasteiger partial charge in [0.25, 0.3) is 0 Å². The maximum absolute atomic E-state index is 11.0. The molecule has 1 fully saturated rings. The molecular weight excluding hydrogens is 230 g/mol. The number of nitrogens with two attached hydrogens (primary N) is 1. The molecule has 1 atom stereocenters. The van der Waals surface area contributed by atoms with E-state index >= 15 is 0 Å². The van der Waals surface area contributed by atoms with Crippen LogP contribution in [0.1, 0.15) is 12.8 Å². The van der Waals surface area contributed by atoms with Gasteiger partial charge < -0.3 is 15.8 Å². The fourth-order valence-electron chi connectivity index (χ4n) is 1.88. The van der Waals surface area contributed by atoms with Crippen LogP contribution in [0.3, 0.4) is 0 Å². The van der Waals surface area contributed by atoms with E-state index in [0.717, 1.165) is 19.4 Å². The molecule has 6 nitrogen and oxygen atoms in total. The molecular formula is C9H19N3O3S. The molecule has 1 unspecified atom stereocenters. The third-order valence-electron chi connectivity index (χ3n) is 2.82. The summed E-state index contributed by atoms with van der Waals surface area (Å²) < 4.78 is 22.1. The Hall–Kier alpha value is -0.820. The van der Waals surface area contributed by atoms with Crippen molar-refractivity contribution in [3.63, 3.8) is 0 Å². The van der Waals surface area contributed by atoms with Crippen LogP contribution in [0.2, 0.25) is 0 Å². The maximum Gasteiger partial charge on any atom is 0.148 e. The van der Waals surface area contributed by atoms with Gasteiger partial charge in [-0.05, 0) is 19.4 Å². The monoisotopic (exact) mass is 249 g/mol. The number of sulfone groups is 1. The first kappa shape index (κ1) is 13.2. The van der Waals surface area contributed by atoms with Gasteiger partial charge in [-0.15, -0.1) is 0 Å². The molecule has 1 aliphatic rings. The summed E-state index contributed by atoms with van der Waals surface area (Å²) in [5.74, 6) is 0.443. The molecule has 0 aromatic carbocycles. The highest BCUT2D eigenvalue weighted by Gasteiger charge is 2.23. The van der Waals surface area contributed by atoms with Crippen LogP contribution >= 0.6 is 0 Å². The molecule has 7 heteroatoms. The summed E-state index contributed by atoms with van der Waals surface area (Å²) in [6.45, 7) is 2.07. The molecule has 1 aliphatic heterocycles. The van der Waals surface area contributed by atoms with Crippen LogP contribution in [0.25, 0.3) is 0 Å². The van der Waals surface area contributed by atoms with Gasteiger partial charge in [-0.2, -0.15) is 0 Å². The van der Waals surface area contributed by atoms with Crippen molar-refractivity contribution in [2.75, 3.05) is 31.6 Å². The van der Waals surface area contributed by atoms with Crippen molar-refractivity contribution in [3.8, 4) is 0 Å². The first-order valence-corrected chi connectivity index (χ1v) is 7.36. The van der Waals surface area contributed by atoms with E-state index in [1.807, 2.05) is 4.90 Å². The summed E-state index contributed by atoms with van der Waals surface area (Å²) in [5.41, 5.74) is 5.55. The fourth-order valence-corrected chi connectivity index (χ4v) is 2.47. The Kier molecular flexibility index (Phi) is 4.55. The lowest BCUT2D eigenvalue weighted by Gasteiger charge is -2.31. The molecule has 0 bridgehead atoms. The highest BCUT2D eigenvalue weighted by molar-refractivity contribution is 7.90. The van der Waals surface area contributed by atoms with Gasteiger partial charge in [-0.3, -0.25) is 0 Å². The first-order valence-electron chi connectivity index (χ1n) is 5.30. The number of hydrogen-bond donors (Lipinski definition) is 2. The van der Waals surface area contributed by atoms with E-state index < -0.39 is 9.84 Å². The molecule has 0 saturated carbocycles. The van der Waals surface area contributed by atoms with Crippen LogP contribution in [-0.4, -0.2) is 56.0 Å². The van der Waals surface area contributed by atoms with Crippen molar-refractivity contribution in [1.82, 2.24) is 4.90 Å². The van der Waals surface area contributed by atoms with Gasteiger partial charge in [-0.25, -0.2) is 8.42 Å². The third kappa shape index (κ3) is 4.36. The molecule has 3 N–H and O–H groups in total. The normalized spacial score (nSPS) is 24.6. The average Bonchev–Trinajstić information content (AvgIpc) is 2.25. The van der Waals surface area contributed by atoms with Crippen LogP contribution < -0.4 is 5.73 Å². The van der Waals surface area contributed by atoms with Crippen LogP contribution in [0, 0.1) is 5.92 Å². The van der Waals surface area contributed by atoms with Crippen molar-refractivity contribution in [3.05, 3.63) is 0 Å². The molecule has 0 aromatic rings. The second-order valence-corrected chi connectivity index (χ2v) is 6.55. The van der Waals surface area contributed by atoms with Gasteiger partial charge in [0.2, 0.25) is 0 Å². The van der Waals surface area contributed by atoms with E-state index in [4.69, 9.17) is 10.9 Å². The molecule has 0 aromatic heterocycles. The summed E-state index contributed by atoms with van der Waals surface area (Å²) in [6, 6.07) is 0. The van der Waals surface area contributed by atoms with Crippen LogP contribution in [-0.2, 0) is 9.84 Å². The highest BCUT2D eigenvalue weighted by atomic mass is 32.2. The lowest BCUT2D eigenvalue weighted by molar-refractivity contribution is 0.210. The Bertz CT molecular complexity index is 353. The van der Waals surface area contributed by atoms with Gasteiger partial charge in [0, 0.05) is 25.3 Å². The van der Waals surface area contributed by atoms with Gasteiger partial charge >= 0.3 is 0 Å². The maximum atomic E-state index is 11.0. The molecule has 1 rings (SSSR count). The molecule has 94 valence electrons. The Morgan fingerprint density at radius 3 is 2.88 bits per heavy atom. The summed E-state index contributed by atoms with van der Waals surface area (Å²) in [7, 11) is -2.92. The summed E-state index contributed by atoms with van der Waals surface area (Å²) in [6.07, 6.45) is 3.08. The van der Waals surface area contributed by atoms with E-state index in [9.17, 15) is 8.42 Å². The fraction of sp³-hybridized carbons (Fsp3) is 0.889. The minimum absolute atomic E-state index is 0.0401.